The van der Waals surface area contributed by atoms with Gasteiger partial charge in [0.05, 0.1) is 4.92 Å². The zero-order chi connectivity index (χ0) is 15.9. The summed E-state index contributed by atoms with van der Waals surface area (Å²) >= 11 is 0. The molecule has 6 heteroatoms. The lowest BCUT2D eigenvalue weighted by Gasteiger charge is -2.34. The van der Waals surface area contributed by atoms with Crippen LogP contribution in [0.15, 0.2) is 24.3 Å². The van der Waals surface area contributed by atoms with Crippen LogP contribution in [0.5, 0.6) is 0 Å². The van der Waals surface area contributed by atoms with Crippen molar-refractivity contribution in [3.63, 3.8) is 0 Å². The molecule has 0 aromatic heterocycles. The topological polar surface area (TPSA) is 78.6 Å². The Morgan fingerprint density at radius 1 is 1.36 bits per heavy atom. The summed E-state index contributed by atoms with van der Waals surface area (Å²) < 4.78 is 0. The molecule has 0 saturated carbocycles. The molecule has 0 radical (unpaired) electrons. The molecule has 1 aromatic carbocycles. The van der Waals surface area contributed by atoms with Crippen LogP contribution in [0.2, 0.25) is 0 Å². The van der Waals surface area contributed by atoms with Crippen LogP contribution in [0.3, 0.4) is 0 Å². The number of non-ortho nitro benzene ring substituents is 1. The van der Waals surface area contributed by atoms with Crippen molar-refractivity contribution < 1.29 is 10.0 Å². The number of nitrogens with one attached hydrogen (secondary N) is 1. The molecule has 0 spiro atoms. The SMILES string of the molecule is CC(CCO)CNC1CCN(c2ccc([N+](=O)[O-])cc2)CC1. The number of hydrogen-bond donors (Lipinski definition) is 2. The highest BCUT2D eigenvalue weighted by molar-refractivity contribution is 5.51. The molecule has 1 unspecified atom stereocenters. The van der Waals surface area contributed by atoms with Crippen LogP contribution in [0.4, 0.5) is 11.4 Å². The van der Waals surface area contributed by atoms with Gasteiger partial charge in [-0.2, -0.15) is 0 Å². The lowest BCUT2D eigenvalue weighted by molar-refractivity contribution is -0.384. The molecule has 1 saturated heterocycles. The zero-order valence-electron chi connectivity index (χ0n) is 13.1. The number of piperidine rings is 1. The van der Waals surface area contributed by atoms with Crippen molar-refractivity contribution in [3.8, 4) is 0 Å². The number of nitro benzene ring substituents is 1. The number of benzene rings is 1. The summed E-state index contributed by atoms with van der Waals surface area (Å²) in [6.07, 6.45) is 2.99. The van der Waals surface area contributed by atoms with Crippen molar-refractivity contribution in [2.24, 2.45) is 5.92 Å². The Labute approximate surface area is 131 Å². The van der Waals surface area contributed by atoms with Gasteiger partial charge in [0.15, 0.2) is 0 Å². The number of anilines is 1. The maximum Gasteiger partial charge on any atom is 0.269 e. The van der Waals surface area contributed by atoms with Crippen LogP contribution in [-0.4, -0.2) is 42.3 Å². The van der Waals surface area contributed by atoms with Gasteiger partial charge < -0.3 is 15.3 Å². The second kappa shape index (κ2) is 8.10. The number of nitro groups is 1. The van der Waals surface area contributed by atoms with Crippen molar-refractivity contribution in [1.29, 1.82) is 0 Å². The Kier molecular flexibility index (Phi) is 6.15. The Balaban J connectivity index is 1.78. The molecule has 0 amide bonds. The molecule has 122 valence electrons. The Morgan fingerprint density at radius 3 is 2.55 bits per heavy atom. The van der Waals surface area contributed by atoms with Crippen LogP contribution in [-0.2, 0) is 0 Å². The lowest BCUT2D eigenvalue weighted by atomic mass is 10.0. The quantitative estimate of drug-likeness (QED) is 0.596. The van der Waals surface area contributed by atoms with Gasteiger partial charge in [0.25, 0.3) is 5.69 Å². The molecule has 0 aliphatic carbocycles. The maximum atomic E-state index is 10.7. The van der Waals surface area contributed by atoms with E-state index < -0.39 is 0 Å². The second-order valence-corrected chi connectivity index (χ2v) is 6.06. The molecule has 2 rings (SSSR count). The summed E-state index contributed by atoms with van der Waals surface area (Å²) in [5.74, 6) is 0.498. The number of aliphatic hydroxyl groups excluding tert-OH is 1. The van der Waals surface area contributed by atoms with Gasteiger partial charge in [-0.3, -0.25) is 10.1 Å². The van der Waals surface area contributed by atoms with Crippen LogP contribution >= 0.6 is 0 Å². The van der Waals surface area contributed by atoms with Crippen molar-refractivity contribution >= 4 is 11.4 Å². The number of nitrogens with zero attached hydrogens (tertiary/aromatic N) is 2. The predicted octanol–water partition coefficient (Wildman–Crippen LogP) is 2.17. The maximum absolute atomic E-state index is 10.7. The van der Waals surface area contributed by atoms with Gasteiger partial charge in [-0.15, -0.1) is 0 Å². The fourth-order valence-electron chi connectivity index (χ4n) is 2.82. The average molecular weight is 307 g/mol. The molecule has 1 atom stereocenters. The molecule has 6 nitrogen and oxygen atoms in total. The minimum atomic E-state index is -0.368. The van der Waals surface area contributed by atoms with Gasteiger partial charge in [-0.25, -0.2) is 0 Å². The third kappa shape index (κ3) is 4.68. The van der Waals surface area contributed by atoms with E-state index in [1.54, 1.807) is 12.1 Å². The number of rotatable bonds is 7. The standard InChI is InChI=1S/C16H25N3O3/c1-13(8-11-20)12-17-14-6-9-18(10-7-14)15-2-4-16(5-3-15)19(21)22/h2-5,13-14,17,20H,6-12H2,1H3. The van der Waals surface area contributed by atoms with Crippen molar-refractivity contribution in [1.82, 2.24) is 5.32 Å². The largest absolute Gasteiger partial charge is 0.396 e. The van der Waals surface area contributed by atoms with Gasteiger partial charge in [-0.05, 0) is 43.9 Å². The summed E-state index contributed by atoms with van der Waals surface area (Å²) in [5, 5.41) is 23.2. The molecule has 1 aromatic rings. The van der Waals surface area contributed by atoms with Gasteiger partial charge in [0, 0.05) is 43.6 Å². The Bertz CT molecular complexity index is 470. The fourth-order valence-corrected chi connectivity index (χ4v) is 2.82. The first-order valence-electron chi connectivity index (χ1n) is 7.93. The fraction of sp³-hybridized carbons (Fsp3) is 0.625. The highest BCUT2D eigenvalue weighted by Crippen LogP contribution is 2.23. The van der Waals surface area contributed by atoms with E-state index in [0.717, 1.165) is 44.6 Å². The van der Waals surface area contributed by atoms with Crippen LogP contribution in [0.25, 0.3) is 0 Å². The summed E-state index contributed by atoms with van der Waals surface area (Å²) in [6.45, 7) is 5.27. The molecule has 2 N–H and O–H groups in total. The molecule has 1 fully saturated rings. The van der Waals surface area contributed by atoms with Crippen molar-refractivity contribution in [2.75, 3.05) is 31.1 Å². The van der Waals surface area contributed by atoms with Crippen LogP contribution in [0, 0.1) is 16.0 Å². The van der Waals surface area contributed by atoms with Crippen molar-refractivity contribution in [3.05, 3.63) is 34.4 Å². The smallest absolute Gasteiger partial charge is 0.269 e. The third-order valence-electron chi connectivity index (χ3n) is 4.30. The molecule has 1 aliphatic heterocycles. The summed E-state index contributed by atoms with van der Waals surface area (Å²) in [5.41, 5.74) is 1.19. The second-order valence-electron chi connectivity index (χ2n) is 6.06. The van der Waals surface area contributed by atoms with Crippen molar-refractivity contribution in [2.45, 2.75) is 32.2 Å². The van der Waals surface area contributed by atoms with Crippen LogP contribution in [0.1, 0.15) is 26.2 Å². The Hall–Kier alpha value is -1.66. The van der Waals surface area contributed by atoms with E-state index in [-0.39, 0.29) is 17.2 Å². The highest BCUT2D eigenvalue weighted by atomic mass is 16.6. The van der Waals surface area contributed by atoms with E-state index in [0.29, 0.717) is 12.0 Å². The minimum Gasteiger partial charge on any atom is -0.396 e. The highest BCUT2D eigenvalue weighted by Gasteiger charge is 2.20. The van der Waals surface area contributed by atoms with Gasteiger partial charge in [-0.1, -0.05) is 6.92 Å². The van der Waals surface area contributed by atoms with E-state index in [2.05, 4.69) is 17.1 Å². The first-order chi connectivity index (χ1) is 10.6. The van der Waals surface area contributed by atoms with E-state index in [4.69, 9.17) is 5.11 Å². The van der Waals surface area contributed by atoms with Gasteiger partial charge in [0.2, 0.25) is 0 Å². The molecule has 0 bridgehead atoms. The number of hydrogen-bond acceptors (Lipinski definition) is 5. The number of aliphatic hydroxyl groups is 1. The summed E-state index contributed by atoms with van der Waals surface area (Å²) in [7, 11) is 0. The monoisotopic (exact) mass is 307 g/mol. The minimum absolute atomic E-state index is 0.137. The third-order valence-corrected chi connectivity index (χ3v) is 4.30. The normalized spacial score (nSPS) is 17.5. The van der Waals surface area contributed by atoms with E-state index in [1.807, 2.05) is 12.1 Å². The first kappa shape index (κ1) is 16.7. The average Bonchev–Trinajstić information content (AvgIpc) is 2.54. The first-order valence-corrected chi connectivity index (χ1v) is 7.93. The van der Waals surface area contributed by atoms with Crippen LogP contribution < -0.4 is 10.2 Å². The van der Waals surface area contributed by atoms with Gasteiger partial charge >= 0.3 is 0 Å². The molecular weight excluding hydrogens is 282 g/mol. The van der Waals surface area contributed by atoms with Gasteiger partial charge in [0.1, 0.15) is 0 Å². The Morgan fingerprint density at radius 2 is 2.00 bits per heavy atom. The predicted molar refractivity (Wildman–Crippen MR) is 87.2 cm³/mol. The van der Waals surface area contributed by atoms with E-state index >= 15 is 0 Å². The molecule has 22 heavy (non-hydrogen) atoms. The molecular formula is C16H25N3O3. The lowest BCUT2D eigenvalue weighted by Crippen LogP contribution is -2.43. The van der Waals surface area contributed by atoms with E-state index in [1.165, 1.54) is 0 Å². The zero-order valence-corrected chi connectivity index (χ0v) is 13.1. The summed E-state index contributed by atoms with van der Waals surface area (Å²) in [4.78, 5) is 12.6. The summed E-state index contributed by atoms with van der Waals surface area (Å²) in [6, 6.07) is 7.31. The van der Waals surface area contributed by atoms with E-state index in [9.17, 15) is 10.1 Å². The molecule has 1 aliphatic rings. The molecule has 1 heterocycles.